The van der Waals surface area contributed by atoms with Gasteiger partial charge in [0.1, 0.15) is 5.76 Å². The first kappa shape index (κ1) is 17.6. The van der Waals surface area contributed by atoms with Crippen LogP contribution >= 0.6 is 0 Å². The zero-order valence-electron chi connectivity index (χ0n) is 14.3. The van der Waals surface area contributed by atoms with Gasteiger partial charge in [-0.1, -0.05) is 36.8 Å². The molecule has 0 aliphatic rings. The largest absolute Gasteiger partial charge is 0.454 e. The van der Waals surface area contributed by atoms with Gasteiger partial charge in [0.15, 0.2) is 11.7 Å². The summed E-state index contributed by atoms with van der Waals surface area (Å²) in [6, 6.07) is 11.8. The summed E-state index contributed by atoms with van der Waals surface area (Å²) in [5.74, 6) is 1.23. The molecule has 6 nitrogen and oxygen atoms in total. The number of aryl methyl sites for hydroxylation is 1. The second kappa shape index (κ2) is 8.19. The SMILES string of the molecule is CN=C(NCc1ccc(C(N)=O)o1)NCC(C)c1cccc(C)c1. The molecule has 1 atom stereocenters. The van der Waals surface area contributed by atoms with Gasteiger partial charge in [0.25, 0.3) is 5.91 Å². The fourth-order valence-corrected chi connectivity index (χ4v) is 2.34. The first-order valence-electron chi connectivity index (χ1n) is 7.89. The number of furan rings is 1. The maximum atomic E-state index is 11.0. The highest BCUT2D eigenvalue weighted by Crippen LogP contribution is 2.15. The third-order valence-corrected chi connectivity index (χ3v) is 3.75. The number of benzene rings is 1. The molecule has 1 aromatic heterocycles. The molecule has 6 heteroatoms. The number of aliphatic imine (C=N–C) groups is 1. The lowest BCUT2D eigenvalue weighted by Gasteiger charge is -2.16. The highest BCUT2D eigenvalue weighted by molar-refractivity contribution is 5.89. The molecule has 128 valence electrons. The summed E-state index contributed by atoms with van der Waals surface area (Å²) in [6.07, 6.45) is 0. The van der Waals surface area contributed by atoms with Gasteiger partial charge in [-0.3, -0.25) is 9.79 Å². The Labute approximate surface area is 142 Å². The van der Waals surface area contributed by atoms with Gasteiger partial charge in [-0.15, -0.1) is 0 Å². The average Bonchev–Trinajstić information content (AvgIpc) is 3.04. The predicted octanol–water partition coefficient (Wildman–Crippen LogP) is 2.16. The molecule has 1 unspecified atom stereocenters. The van der Waals surface area contributed by atoms with Crippen LogP contribution in [0.5, 0.6) is 0 Å². The number of nitrogens with zero attached hydrogens (tertiary/aromatic N) is 1. The molecule has 0 saturated carbocycles. The van der Waals surface area contributed by atoms with E-state index in [9.17, 15) is 4.79 Å². The van der Waals surface area contributed by atoms with Crippen LogP contribution in [0, 0.1) is 6.92 Å². The number of nitrogens with two attached hydrogens (primary N) is 1. The summed E-state index contributed by atoms with van der Waals surface area (Å²) in [7, 11) is 1.71. The van der Waals surface area contributed by atoms with E-state index >= 15 is 0 Å². The van der Waals surface area contributed by atoms with Crippen LogP contribution < -0.4 is 16.4 Å². The van der Waals surface area contributed by atoms with Crippen LogP contribution in [-0.2, 0) is 6.54 Å². The Morgan fingerprint density at radius 3 is 2.71 bits per heavy atom. The standard InChI is InChI=1S/C18H24N4O2/c1-12-5-4-6-14(9-12)13(2)10-21-18(20-3)22-11-15-7-8-16(24-15)17(19)23/h4-9,13H,10-11H2,1-3H3,(H2,19,23)(H2,20,21,22). The van der Waals surface area contributed by atoms with Crippen molar-refractivity contribution in [1.29, 1.82) is 0 Å². The highest BCUT2D eigenvalue weighted by Gasteiger charge is 2.09. The molecule has 2 aromatic rings. The lowest BCUT2D eigenvalue weighted by molar-refractivity contribution is 0.0972. The van der Waals surface area contributed by atoms with Gasteiger partial charge < -0.3 is 20.8 Å². The number of rotatable bonds is 6. The fourth-order valence-electron chi connectivity index (χ4n) is 2.34. The highest BCUT2D eigenvalue weighted by atomic mass is 16.3. The summed E-state index contributed by atoms with van der Waals surface area (Å²) in [4.78, 5) is 15.2. The molecule has 1 heterocycles. The summed E-state index contributed by atoms with van der Waals surface area (Å²) in [6.45, 7) is 5.44. The Hall–Kier alpha value is -2.76. The van der Waals surface area contributed by atoms with Crippen LogP contribution in [-0.4, -0.2) is 25.5 Å². The molecular weight excluding hydrogens is 304 g/mol. The van der Waals surface area contributed by atoms with E-state index in [-0.39, 0.29) is 5.76 Å². The van der Waals surface area contributed by atoms with E-state index in [1.165, 1.54) is 11.1 Å². The molecule has 0 aliphatic carbocycles. The minimum atomic E-state index is -0.573. The number of carbonyl (C=O) groups is 1. The molecular formula is C18H24N4O2. The zero-order valence-corrected chi connectivity index (χ0v) is 14.3. The molecule has 24 heavy (non-hydrogen) atoms. The molecule has 4 N–H and O–H groups in total. The summed E-state index contributed by atoms with van der Waals surface area (Å²) < 4.78 is 5.33. The molecule has 1 amide bonds. The van der Waals surface area contributed by atoms with E-state index in [4.69, 9.17) is 10.2 Å². The van der Waals surface area contributed by atoms with Crippen molar-refractivity contribution in [2.75, 3.05) is 13.6 Å². The fraction of sp³-hybridized carbons (Fsp3) is 0.333. The van der Waals surface area contributed by atoms with Crippen molar-refractivity contribution in [3.8, 4) is 0 Å². The normalized spacial score (nSPS) is 12.7. The second-order valence-corrected chi connectivity index (χ2v) is 5.75. The number of guanidine groups is 1. The Morgan fingerprint density at radius 1 is 1.29 bits per heavy atom. The van der Waals surface area contributed by atoms with Crippen LogP contribution in [0.2, 0.25) is 0 Å². The molecule has 0 radical (unpaired) electrons. The molecule has 1 aromatic carbocycles. The molecule has 0 bridgehead atoms. The van der Waals surface area contributed by atoms with E-state index in [0.717, 1.165) is 6.54 Å². The number of amides is 1. The Bertz CT molecular complexity index is 721. The third kappa shape index (κ3) is 4.87. The van der Waals surface area contributed by atoms with Crippen molar-refractivity contribution in [1.82, 2.24) is 10.6 Å². The van der Waals surface area contributed by atoms with Gasteiger partial charge >= 0.3 is 0 Å². The van der Waals surface area contributed by atoms with Crippen LogP contribution in [0.1, 0.15) is 40.3 Å². The van der Waals surface area contributed by atoms with Gasteiger partial charge in [-0.05, 0) is 30.5 Å². The summed E-state index contributed by atoms with van der Waals surface area (Å²) in [5, 5.41) is 6.44. The Kier molecular flexibility index (Phi) is 6.01. The van der Waals surface area contributed by atoms with Crippen LogP contribution in [0.4, 0.5) is 0 Å². The predicted molar refractivity (Wildman–Crippen MR) is 95.0 cm³/mol. The van der Waals surface area contributed by atoms with Crippen molar-refractivity contribution < 1.29 is 9.21 Å². The smallest absolute Gasteiger partial charge is 0.284 e. The average molecular weight is 328 g/mol. The lowest BCUT2D eigenvalue weighted by atomic mass is 9.99. The van der Waals surface area contributed by atoms with Crippen LogP contribution in [0.25, 0.3) is 0 Å². The molecule has 0 fully saturated rings. The van der Waals surface area contributed by atoms with Gasteiger partial charge in [0.2, 0.25) is 0 Å². The number of hydrogen-bond acceptors (Lipinski definition) is 3. The molecule has 0 spiro atoms. The number of nitrogens with one attached hydrogen (secondary N) is 2. The van der Waals surface area contributed by atoms with E-state index in [1.807, 2.05) is 0 Å². The number of hydrogen-bond donors (Lipinski definition) is 3. The number of primary amides is 1. The minimum absolute atomic E-state index is 0.155. The van der Waals surface area contributed by atoms with E-state index in [0.29, 0.717) is 24.2 Å². The van der Waals surface area contributed by atoms with Crippen LogP contribution in [0.3, 0.4) is 0 Å². The van der Waals surface area contributed by atoms with Gasteiger partial charge in [-0.25, -0.2) is 0 Å². The van der Waals surface area contributed by atoms with Gasteiger partial charge in [-0.2, -0.15) is 0 Å². The van der Waals surface area contributed by atoms with E-state index in [2.05, 4.69) is 53.7 Å². The monoisotopic (exact) mass is 328 g/mol. The summed E-state index contributed by atoms with van der Waals surface area (Å²) >= 11 is 0. The van der Waals surface area contributed by atoms with E-state index in [1.54, 1.807) is 19.2 Å². The Balaban J connectivity index is 1.84. The Morgan fingerprint density at radius 2 is 2.08 bits per heavy atom. The minimum Gasteiger partial charge on any atom is -0.454 e. The third-order valence-electron chi connectivity index (χ3n) is 3.75. The van der Waals surface area contributed by atoms with Crippen LogP contribution in [0.15, 0.2) is 45.8 Å². The van der Waals surface area contributed by atoms with Gasteiger partial charge in [0, 0.05) is 13.6 Å². The second-order valence-electron chi connectivity index (χ2n) is 5.75. The lowest BCUT2D eigenvalue weighted by Crippen LogP contribution is -2.38. The zero-order chi connectivity index (χ0) is 17.5. The maximum absolute atomic E-state index is 11.0. The topological polar surface area (TPSA) is 92.6 Å². The quantitative estimate of drug-likeness (QED) is 0.559. The molecule has 0 aliphatic heterocycles. The van der Waals surface area contributed by atoms with Crippen molar-refractivity contribution in [3.63, 3.8) is 0 Å². The van der Waals surface area contributed by atoms with Crippen molar-refractivity contribution in [3.05, 3.63) is 59.0 Å². The van der Waals surface area contributed by atoms with Crippen molar-refractivity contribution in [2.45, 2.75) is 26.3 Å². The van der Waals surface area contributed by atoms with Crippen molar-refractivity contribution >= 4 is 11.9 Å². The molecule has 0 saturated heterocycles. The maximum Gasteiger partial charge on any atom is 0.284 e. The van der Waals surface area contributed by atoms with Crippen molar-refractivity contribution in [2.24, 2.45) is 10.7 Å². The summed E-state index contributed by atoms with van der Waals surface area (Å²) in [5.41, 5.74) is 7.71. The van der Waals surface area contributed by atoms with Gasteiger partial charge in [0.05, 0.1) is 6.54 Å². The van der Waals surface area contributed by atoms with E-state index < -0.39 is 5.91 Å². The molecule has 2 rings (SSSR count). The first-order chi connectivity index (χ1) is 11.5. The first-order valence-corrected chi connectivity index (χ1v) is 7.89. The number of carbonyl (C=O) groups excluding carboxylic acids is 1.